The average Bonchev–Trinajstić information content (AvgIpc) is 1.87. The molecule has 0 aliphatic rings. The van der Waals surface area contributed by atoms with Crippen molar-refractivity contribution in [3.8, 4) is 0 Å². The van der Waals surface area contributed by atoms with Gasteiger partial charge in [0, 0.05) is 0 Å². The molecular formula is C8H16O3. The molecule has 0 amide bonds. The number of carboxylic acid groups (broad SMARTS) is 2. The minimum Gasteiger partial charge on any atom is -0.450 e. The summed E-state index contributed by atoms with van der Waals surface area (Å²) in [5.41, 5.74) is 1.38. The standard InChI is InChI=1S/C7H14.CH2O3/c1-4-6-7(3)5-2;2-1(3)4/h3-6H2,1-2H3;(H2,2,3,4). The van der Waals surface area contributed by atoms with Crippen molar-refractivity contribution in [1.82, 2.24) is 0 Å². The van der Waals surface area contributed by atoms with Crippen LogP contribution in [0.15, 0.2) is 12.2 Å². The summed E-state index contributed by atoms with van der Waals surface area (Å²) in [5, 5.41) is 13.9. The molecule has 0 atom stereocenters. The lowest BCUT2D eigenvalue weighted by atomic mass is 10.1. The molecule has 0 aromatic rings. The van der Waals surface area contributed by atoms with Crippen LogP contribution in [0.4, 0.5) is 4.79 Å². The van der Waals surface area contributed by atoms with Gasteiger partial charge in [0.25, 0.3) is 0 Å². The largest absolute Gasteiger partial charge is 0.503 e. The zero-order valence-electron chi connectivity index (χ0n) is 7.13. The zero-order chi connectivity index (χ0) is 9.28. The molecule has 0 unspecified atom stereocenters. The van der Waals surface area contributed by atoms with Crippen LogP contribution in [-0.2, 0) is 0 Å². The van der Waals surface area contributed by atoms with Gasteiger partial charge in [-0.05, 0) is 12.8 Å². The second-order valence-electron chi connectivity index (χ2n) is 2.14. The van der Waals surface area contributed by atoms with E-state index in [0.717, 1.165) is 6.42 Å². The van der Waals surface area contributed by atoms with Crippen LogP contribution in [0.5, 0.6) is 0 Å². The predicted octanol–water partition coefficient (Wildman–Crippen LogP) is 2.98. The fourth-order valence-electron chi connectivity index (χ4n) is 0.530. The Morgan fingerprint density at radius 3 is 1.82 bits per heavy atom. The highest BCUT2D eigenvalue weighted by Gasteiger charge is 1.83. The predicted molar refractivity (Wildman–Crippen MR) is 45.0 cm³/mol. The third kappa shape index (κ3) is 27.5. The van der Waals surface area contributed by atoms with E-state index in [9.17, 15) is 0 Å². The molecule has 0 spiro atoms. The number of allylic oxidation sites excluding steroid dienone is 1. The Balaban J connectivity index is 0. The Kier molecular flexibility index (Phi) is 10.4. The van der Waals surface area contributed by atoms with Crippen molar-refractivity contribution in [1.29, 1.82) is 0 Å². The third-order valence-electron chi connectivity index (χ3n) is 1.10. The maximum Gasteiger partial charge on any atom is 0.503 e. The normalized spacial score (nSPS) is 7.82. The van der Waals surface area contributed by atoms with Crippen LogP contribution in [0.3, 0.4) is 0 Å². The lowest BCUT2D eigenvalue weighted by Crippen LogP contribution is -1.81. The summed E-state index contributed by atoms with van der Waals surface area (Å²) in [5.74, 6) is 0. The van der Waals surface area contributed by atoms with E-state index in [-0.39, 0.29) is 0 Å². The molecule has 3 heteroatoms. The van der Waals surface area contributed by atoms with Crippen LogP contribution in [0.1, 0.15) is 33.1 Å². The molecule has 0 saturated carbocycles. The SMILES string of the molecule is C=C(CC)CCC.O=C(O)O. The Morgan fingerprint density at radius 1 is 1.36 bits per heavy atom. The molecule has 0 saturated heterocycles. The van der Waals surface area contributed by atoms with Crippen molar-refractivity contribution in [2.75, 3.05) is 0 Å². The van der Waals surface area contributed by atoms with Crippen LogP contribution >= 0.6 is 0 Å². The van der Waals surface area contributed by atoms with E-state index < -0.39 is 6.16 Å². The minimum atomic E-state index is -1.83. The molecule has 0 fully saturated rings. The first-order valence-corrected chi connectivity index (χ1v) is 3.63. The van der Waals surface area contributed by atoms with Gasteiger partial charge >= 0.3 is 6.16 Å². The van der Waals surface area contributed by atoms with Gasteiger partial charge in [0.2, 0.25) is 0 Å². The van der Waals surface area contributed by atoms with Crippen molar-refractivity contribution in [2.45, 2.75) is 33.1 Å². The van der Waals surface area contributed by atoms with E-state index in [1.165, 1.54) is 18.4 Å². The Labute approximate surface area is 67.4 Å². The smallest absolute Gasteiger partial charge is 0.450 e. The van der Waals surface area contributed by atoms with Gasteiger partial charge < -0.3 is 10.2 Å². The highest BCUT2D eigenvalue weighted by Crippen LogP contribution is 2.03. The minimum absolute atomic E-state index is 1.15. The van der Waals surface area contributed by atoms with Crippen LogP contribution in [0, 0.1) is 0 Å². The average molecular weight is 160 g/mol. The molecule has 0 bridgehead atoms. The summed E-state index contributed by atoms with van der Waals surface area (Å²) in [6.07, 6.45) is 1.76. The molecule has 0 rings (SSSR count). The number of carbonyl (C=O) groups is 1. The van der Waals surface area contributed by atoms with Gasteiger partial charge in [-0.1, -0.05) is 32.4 Å². The lowest BCUT2D eigenvalue weighted by Gasteiger charge is -1.94. The topological polar surface area (TPSA) is 57.5 Å². The summed E-state index contributed by atoms with van der Waals surface area (Å²) in [7, 11) is 0. The zero-order valence-corrected chi connectivity index (χ0v) is 7.13. The number of rotatable bonds is 3. The van der Waals surface area contributed by atoms with Gasteiger partial charge in [0.15, 0.2) is 0 Å². The van der Waals surface area contributed by atoms with Crippen molar-refractivity contribution >= 4 is 6.16 Å². The van der Waals surface area contributed by atoms with Gasteiger partial charge in [-0.25, -0.2) is 4.79 Å². The van der Waals surface area contributed by atoms with Gasteiger partial charge in [0.05, 0.1) is 0 Å². The van der Waals surface area contributed by atoms with E-state index in [1.807, 2.05) is 0 Å². The van der Waals surface area contributed by atoms with Crippen molar-refractivity contribution < 1.29 is 15.0 Å². The monoisotopic (exact) mass is 160 g/mol. The van der Waals surface area contributed by atoms with E-state index in [2.05, 4.69) is 20.4 Å². The number of hydrogen-bond donors (Lipinski definition) is 2. The van der Waals surface area contributed by atoms with Crippen LogP contribution in [-0.4, -0.2) is 16.4 Å². The van der Waals surface area contributed by atoms with Crippen LogP contribution in [0.25, 0.3) is 0 Å². The van der Waals surface area contributed by atoms with Crippen molar-refractivity contribution in [3.05, 3.63) is 12.2 Å². The summed E-state index contributed by atoms with van der Waals surface area (Å²) < 4.78 is 0. The molecule has 2 N–H and O–H groups in total. The van der Waals surface area contributed by atoms with Crippen LogP contribution < -0.4 is 0 Å². The second kappa shape index (κ2) is 9.01. The summed E-state index contributed by atoms with van der Waals surface area (Å²) in [6, 6.07) is 0. The van der Waals surface area contributed by atoms with Gasteiger partial charge in [-0.15, -0.1) is 0 Å². The second-order valence-corrected chi connectivity index (χ2v) is 2.14. The molecule has 0 heterocycles. The first-order chi connectivity index (χ1) is 5.04. The lowest BCUT2D eigenvalue weighted by molar-refractivity contribution is 0.137. The van der Waals surface area contributed by atoms with Gasteiger partial charge in [-0.3, -0.25) is 0 Å². The molecule has 0 aromatic carbocycles. The fourth-order valence-corrected chi connectivity index (χ4v) is 0.530. The summed E-state index contributed by atoms with van der Waals surface area (Å²) in [6.45, 7) is 8.20. The molecular weight excluding hydrogens is 144 g/mol. The third-order valence-corrected chi connectivity index (χ3v) is 1.10. The van der Waals surface area contributed by atoms with Crippen molar-refractivity contribution in [2.24, 2.45) is 0 Å². The molecule has 0 radical (unpaired) electrons. The van der Waals surface area contributed by atoms with Crippen LogP contribution in [0.2, 0.25) is 0 Å². The molecule has 11 heavy (non-hydrogen) atoms. The molecule has 3 nitrogen and oxygen atoms in total. The van der Waals surface area contributed by atoms with Crippen molar-refractivity contribution in [3.63, 3.8) is 0 Å². The van der Waals surface area contributed by atoms with E-state index >= 15 is 0 Å². The Bertz CT molecular complexity index is 115. The Morgan fingerprint density at radius 2 is 1.73 bits per heavy atom. The highest BCUT2D eigenvalue weighted by molar-refractivity contribution is 5.53. The summed E-state index contributed by atoms with van der Waals surface area (Å²) in [4.78, 5) is 8.56. The van der Waals surface area contributed by atoms with E-state index in [0.29, 0.717) is 0 Å². The maximum absolute atomic E-state index is 8.56. The summed E-state index contributed by atoms with van der Waals surface area (Å²) >= 11 is 0. The first-order valence-electron chi connectivity index (χ1n) is 3.63. The quantitative estimate of drug-likeness (QED) is 0.624. The first kappa shape index (κ1) is 12.7. The molecule has 0 aromatic heterocycles. The Hall–Kier alpha value is -0.990. The van der Waals surface area contributed by atoms with E-state index in [1.54, 1.807) is 0 Å². The van der Waals surface area contributed by atoms with Gasteiger partial charge in [-0.2, -0.15) is 0 Å². The molecule has 0 aliphatic heterocycles. The van der Waals surface area contributed by atoms with E-state index in [4.69, 9.17) is 15.0 Å². The molecule has 0 aliphatic carbocycles. The highest BCUT2D eigenvalue weighted by atomic mass is 16.6. The van der Waals surface area contributed by atoms with Gasteiger partial charge in [0.1, 0.15) is 0 Å². The molecule has 66 valence electrons. The fraction of sp³-hybridized carbons (Fsp3) is 0.625. The maximum atomic E-state index is 8.56. The number of hydrogen-bond acceptors (Lipinski definition) is 1.